The predicted octanol–water partition coefficient (Wildman–Crippen LogP) is 2.01. The van der Waals surface area contributed by atoms with Gasteiger partial charge in [0.25, 0.3) is 0 Å². The number of benzene rings is 1. The lowest BCUT2D eigenvalue weighted by atomic mass is 9.93. The smallest absolute Gasteiger partial charge is 0.240 e. The Balaban J connectivity index is 2.17. The summed E-state index contributed by atoms with van der Waals surface area (Å²) in [5.74, 6) is 0.273. The Kier molecular flexibility index (Phi) is 4.84. The molecule has 2 atom stereocenters. The molecule has 0 amide bonds. The van der Waals surface area contributed by atoms with Crippen LogP contribution in [0.25, 0.3) is 0 Å². The third-order valence-electron chi connectivity index (χ3n) is 3.40. The summed E-state index contributed by atoms with van der Waals surface area (Å²) in [5.41, 5.74) is 0.758. The maximum atomic E-state index is 12.2. The Bertz CT molecular complexity index is 532. The van der Waals surface area contributed by atoms with Crippen molar-refractivity contribution >= 4 is 21.6 Å². The minimum absolute atomic E-state index is 0.198. The number of hydrogen-bond acceptors (Lipinski definition) is 3. The van der Waals surface area contributed by atoms with Crippen molar-refractivity contribution in [2.24, 2.45) is 0 Å². The fourth-order valence-corrected chi connectivity index (χ4v) is 3.85. The molecular weight excluding hydrogens is 286 g/mol. The van der Waals surface area contributed by atoms with E-state index in [1.807, 2.05) is 0 Å². The van der Waals surface area contributed by atoms with Gasteiger partial charge in [-0.25, -0.2) is 13.1 Å². The van der Waals surface area contributed by atoms with Crippen LogP contribution in [-0.4, -0.2) is 25.7 Å². The number of aliphatic hydroxyl groups is 1. The molecule has 4 nitrogen and oxygen atoms in total. The van der Waals surface area contributed by atoms with Crippen molar-refractivity contribution in [2.45, 2.75) is 48.6 Å². The number of hydrogen-bond donors (Lipinski definition) is 2. The Hall–Kier alpha value is -0.620. The fraction of sp³-hybridized carbons (Fsp3) is 0.538. The van der Waals surface area contributed by atoms with Crippen molar-refractivity contribution in [3.05, 3.63) is 29.8 Å². The van der Waals surface area contributed by atoms with Crippen molar-refractivity contribution in [1.82, 2.24) is 4.72 Å². The minimum atomic E-state index is -3.59. The highest BCUT2D eigenvalue weighted by Crippen LogP contribution is 2.21. The van der Waals surface area contributed by atoms with E-state index in [0.29, 0.717) is 12.8 Å². The van der Waals surface area contributed by atoms with Crippen LogP contribution in [0, 0.1) is 0 Å². The summed E-state index contributed by atoms with van der Waals surface area (Å²) in [6.45, 7) is 0. The number of rotatable bonds is 4. The van der Waals surface area contributed by atoms with Gasteiger partial charge in [0.15, 0.2) is 0 Å². The first kappa shape index (κ1) is 14.8. The summed E-state index contributed by atoms with van der Waals surface area (Å²) >= 11 is 5.71. The van der Waals surface area contributed by atoms with E-state index in [1.165, 1.54) is 6.07 Å². The topological polar surface area (TPSA) is 66.4 Å². The molecule has 1 aromatic rings. The van der Waals surface area contributed by atoms with Crippen LogP contribution >= 0.6 is 11.6 Å². The van der Waals surface area contributed by atoms with E-state index in [2.05, 4.69) is 4.72 Å². The maximum Gasteiger partial charge on any atom is 0.240 e. The summed E-state index contributed by atoms with van der Waals surface area (Å²) in [4.78, 5) is 0.198. The van der Waals surface area contributed by atoms with E-state index in [0.717, 1.165) is 18.4 Å². The predicted molar refractivity (Wildman–Crippen MR) is 74.6 cm³/mol. The van der Waals surface area contributed by atoms with Gasteiger partial charge < -0.3 is 5.11 Å². The summed E-state index contributed by atoms with van der Waals surface area (Å²) in [6, 6.07) is 6.15. The number of alkyl halides is 1. The van der Waals surface area contributed by atoms with Crippen molar-refractivity contribution in [2.75, 3.05) is 0 Å². The Morgan fingerprint density at radius 2 is 2.05 bits per heavy atom. The molecule has 1 saturated carbocycles. The fourth-order valence-electron chi connectivity index (χ4n) is 2.31. The second-order valence-electron chi connectivity index (χ2n) is 4.86. The molecule has 1 aliphatic carbocycles. The van der Waals surface area contributed by atoms with Crippen LogP contribution in [0.15, 0.2) is 29.2 Å². The zero-order valence-electron chi connectivity index (χ0n) is 10.5. The first-order chi connectivity index (χ1) is 9.03. The number of sulfonamides is 1. The Morgan fingerprint density at radius 1 is 1.32 bits per heavy atom. The Morgan fingerprint density at radius 3 is 2.74 bits per heavy atom. The molecule has 0 saturated heterocycles. The average molecular weight is 304 g/mol. The lowest BCUT2D eigenvalue weighted by Crippen LogP contribution is -2.44. The average Bonchev–Trinajstić information content (AvgIpc) is 2.41. The van der Waals surface area contributed by atoms with Crippen LogP contribution in [0.1, 0.15) is 31.2 Å². The zero-order chi connectivity index (χ0) is 13.9. The normalized spacial score (nSPS) is 24.3. The van der Waals surface area contributed by atoms with Crippen molar-refractivity contribution < 1.29 is 13.5 Å². The minimum Gasteiger partial charge on any atom is -0.391 e. The van der Waals surface area contributed by atoms with Crippen molar-refractivity contribution in [3.8, 4) is 0 Å². The summed E-state index contributed by atoms with van der Waals surface area (Å²) in [7, 11) is -3.59. The lowest BCUT2D eigenvalue weighted by Gasteiger charge is -2.28. The maximum absolute atomic E-state index is 12.2. The van der Waals surface area contributed by atoms with Gasteiger partial charge in [0.05, 0.1) is 11.0 Å². The largest absolute Gasteiger partial charge is 0.391 e. The molecule has 2 N–H and O–H groups in total. The van der Waals surface area contributed by atoms with E-state index in [9.17, 15) is 13.5 Å². The molecule has 0 aromatic heterocycles. The van der Waals surface area contributed by atoms with Gasteiger partial charge in [0, 0.05) is 11.9 Å². The second-order valence-corrected chi connectivity index (χ2v) is 6.84. The summed E-state index contributed by atoms with van der Waals surface area (Å²) < 4.78 is 27.1. The highest BCUT2D eigenvalue weighted by Gasteiger charge is 2.28. The molecule has 0 aliphatic heterocycles. The van der Waals surface area contributed by atoms with E-state index in [4.69, 9.17) is 11.6 Å². The first-order valence-electron chi connectivity index (χ1n) is 6.38. The van der Waals surface area contributed by atoms with Gasteiger partial charge in [0.2, 0.25) is 10.0 Å². The molecule has 1 aromatic carbocycles. The third kappa shape index (κ3) is 3.69. The first-order valence-corrected chi connectivity index (χ1v) is 8.40. The monoisotopic (exact) mass is 303 g/mol. The highest BCUT2D eigenvalue weighted by molar-refractivity contribution is 7.89. The van der Waals surface area contributed by atoms with E-state index >= 15 is 0 Å². The van der Waals surface area contributed by atoms with Crippen LogP contribution in [0.4, 0.5) is 0 Å². The van der Waals surface area contributed by atoms with Gasteiger partial charge in [0.1, 0.15) is 0 Å². The van der Waals surface area contributed by atoms with Crippen LogP contribution in [0.2, 0.25) is 0 Å². The van der Waals surface area contributed by atoms with E-state index in [1.54, 1.807) is 18.2 Å². The molecule has 1 fully saturated rings. The molecule has 2 rings (SSSR count). The number of nitrogens with one attached hydrogen (secondary N) is 1. The van der Waals surface area contributed by atoms with Crippen LogP contribution in [-0.2, 0) is 15.9 Å². The van der Waals surface area contributed by atoms with Gasteiger partial charge in [-0.3, -0.25) is 0 Å². The van der Waals surface area contributed by atoms with E-state index < -0.39 is 22.2 Å². The quantitative estimate of drug-likeness (QED) is 0.836. The lowest BCUT2D eigenvalue weighted by molar-refractivity contribution is 0.101. The Labute approximate surface area is 118 Å². The number of halogens is 1. The molecule has 0 spiro atoms. The van der Waals surface area contributed by atoms with Crippen molar-refractivity contribution in [3.63, 3.8) is 0 Å². The third-order valence-corrected chi connectivity index (χ3v) is 5.20. The standard InChI is InChI=1S/C13H18ClNO3S/c14-9-10-4-3-5-11(8-10)19(17,18)15-12-6-1-2-7-13(12)16/h3-5,8,12-13,15-16H,1-2,6-7,9H2. The van der Waals surface area contributed by atoms with Gasteiger partial charge in [-0.2, -0.15) is 0 Å². The molecule has 0 heterocycles. The number of aliphatic hydroxyl groups excluding tert-OH is 1. The molecule has 1 aliphatic rings. The zero-order valence-corrected chi connectivity index (χ0v) is 12.1. The van der Waals surface area contributed by atoms with Gasteiger partial charge in [-0.1, -0.05) is 25.0 Å². The molecular formula is C13H18ClNO3S. The van der Waals surface area contributed by atoms with Crippen LogP contribution < -0.4 is 4.72 Å². The molecule has 0 bridgehead atoms. The summed E-state index contributed by atoms with van der Waals surface area (Å²) in [6.07, 6.45) is 2.61. The van der Waals surface area contributed by atoms with E-state index in [-0.39, 0.29) is 10.8 Å². The van der Waals surface area contributed by atoms with Crippen molar-refractivity contribution in [1.29, 1.82) is 0 Å². The second kappa shape index (κ2) is 6.22. The molecule has 2 unspecified atom stereocenters. The van der Waals surface area contributed by atoms with Crippen LogP contribution in [0.5, 0.6) is 0 Å². The SMILES string of the molecule is O=S(=O)(NC1CCCCC1O)c1cccc(CCl)c1. The molecule has 6 heteroatoms. The van der Waals surface area contributed by atoms with Gasteiger partial charge in [-0.05, 0) is 30.5 Å². The molecule has 106 valence electrons. The van der Waals surface area contributed by atoms with Gasteiger partial charge >= 0.3 is 0 Å². The van der Waals surface area contributed by atoms with Gasteiger partial charge in [-0.15, -0.1) is 11.6 Å². The highest BCUT2D eigenvalue weighted by atomic mass is 35.5. The molecule has 0 radical (unpaired) electrons. The van der Waals surface area contributed by atoms with Crippen LogP contribution in [0.3, 0.4) is 0 Å². The summed E-state index contributed by atoms with van der Waals surface area (Å²) in [5, 5.41) is 9.83. The molecule has 19 heavy (non-hydrogen) atoms.